The Morgan fingerprint density at radius 1 is 1.91 bits per heavy atom. The first kappa shape index (κ1) is 7.59. The largest absolute Gasteiger partial charge is 0.359 e. The first-order chi connectivity index (χ1) is 5.33. The van der Waals surface area contributed by atoms with E-state index in [-0.39, 0.29) is 6.03 Å². The van der Waals surface area contributed by atoms with E-state index in [0.29, 0.717) is 12.3 Å². The fourth-order valence-electron chi connectivity index (χ4n) is 0.549. The molecular weight excluding hydrogens is 146 g/mol. The van der Waals surface area contributed by atoms with Crippen molar-refractivity contribution in [2.45, 2.75) is 6.54 Å². The highest BCUT2D eigenvalue weighted by Crippen LogP contribution is 1.93. The molecule has 11 heavy (non-hydrogen) atoms. The number of rotatable bonds is 2. The molecule has 1 rings (SSSR count). The summed E-state index contributed by atoms with van der Waals surface area (Å²) < 4.78 is 4.68. The number of hydrogen-bond donors (Lipinski definition) is 2. The van der Waals surface area contributed by atoms with Crippen molar-refractivity contribution in [1.82, 2.24) is 15.8 Å². The molecule has 1 aromatic rings. The zero-order valence-corrected chi connectivity index (χ0v) is 6.05. The van der Waals surface area contributed by atoms with E-state index in [4.69, 9.17) is 0 Å². The molecule has 1 aromatic heterocycles. The molecule has 1 radical (unpaired) electrons. The lowest BCUT2D eigenvalue weighted by atomic mass is 10.5. The van der Waals surface area contributed by atoms with Gasteiger partial charge in [-0.2, -0.15) is 0 Å². The lowest BCUT2D eigenvalue weighted by molar-refractivity contribution is 0.241. The van der Waals surface area contributed by atoms with Gasteiger partial charge in [-0.15, -0.1) is 0 Å². The van der Waals surface area contributed by atoms with Gasteiger partial charge < -0.3 is 15.2 Å². The van der Waals surface area contributed by atoms with Crippen LogP contribution in [0.15, 0.2) is 10.6 Å². The van der Waals surface area contributed by atoms with Crippen LogP contribution in [0, 0.1) is 6.20 Å². The molecule has 0 unspecified atom stereocenters. The number of nitrogens with one attached hydrogen (secondary N) is 2. The first-order valence-corrected chi connectivity index (χ1v) is 3.10. The predicted octanol–water partition coefficient (Wildman–Crippen LogP) is -0.0962. The third-order valence-corrected chi connectivity index (χ3v) is 1.09. The van der Waals surface area contributed by atoms with Crippen molar-refractivity contribution in [3.63, 3.8) is 0 Å². The monoisotopic (exact) mass is 154 g/mol. The summed E-state index contributed by atoms with van der Waals surface area (Å²) >= 11 is 0. The van der Waals surface area contributed by atoms with Gasteiger partial charge in [0.05, 0.1) is 6.54 Å². The second-order valence-electron chi connectivity index (χ2n) is 1.86. The zero-order chi connectivity index (χ0) is 8.10. The van der Waals surface area contributed by atoms with Gasteiger partial charge in [0.1, 0.15) is 6.20 Å². The van der Waals surface area contributed by atoms with Crippen LogP contribution in [-0.2, 0) is 6.54 Å². The minimum atomic E-state index is -0.249. The highest BCUT2D eigenvalue weighted by Gasteiger charge is 1.98. The van der Waals surface area contributed by atoms with Crippen LogP contribution in [0.2, 0.25) is 0 Å². The van der Waals surface area contributed by atoms with Crippen LogP contribution in [0.3, 0.4) is 0 Å². The van der Waals surface area contributed by atoms with Gasteiger partial charge in [-0.25, -0.2) is 4.79 Å². The van der Waals surface area contributed by atoms with Gasteiger partial charge in [0.2, 0.25) is 0 Å². The van der Waals surface area contributed by atoms with E-state index in [1.165, 1.54) is 0 Å². The molecule has 0 aliphatic carbocycles. The van der Waals surface area contributed by atoms with Crippen LogP contribution in [0.25, 0.3) is 0 Å². The average Bonchev–Trinajstić information content (AvgIpc) is 2.52. The quantitative estimate of drug-likeness (QED) is 0.625. The third kappa shape index (κ3) is 2.29. The van der Waals surface area contributed by atoms with Crippen molar-refractivity contribution >= 4 is 6.03 Å². The number of aromatic nitrogens is 1. The van der Waals surface area contributed by atoms with Crippen LogP contribution in [0.4, 0.5) is 4.79 Å². The van der Waals surface area contributed by atoms with E-state index < -0.39 is 0 Å². The molecule has 1 heterocycles. The molecule has 2 N–H and O–H groups in total. The second kappa shape index (κ2) is 3.60. The summed E-state index contributed by atoms with van der Waals surface area (Å²) in [5.41, 5.74) is 0. The van der Waals surface area contributed by atoms with Crippen molar-refractivity contribution < 1.29 is 9.32 Å². The fraction of sp³-hybridized carbons (Fsp3) is 0.333. The molecule has 0 aliphatic rings. The summed E-state index contributed by atoms with van der Waals surface area (Å²) in [6, 6.07) is 1.32. The van der Waals surface area contributed by atoms with E-state index in [0.717, 1.165) is 0 Å². The van der Waals surface area contributed by atoms with Crippen LogP contribution < -0.4 is 10.6 Å². The molecule has 0 saturated carbocycles. The Morgan fingerprint density at radius 3 is 3.27 bits per heavy atom. The molecule has 0 saturated heterocycles. The predicted molar refractivity (Wildman–Crippen MR) is 36.6 cm³/mol. The SMILES string of the molecule is CNC(=O)NCc1c[c]no1. The van der Waals surface area contributed by atoms with Crippen molar-refractivity contribution in [3.05, 3.63) is 18.0 Å². The molecule has 0 aromatic carbocycles. The van der Waals surface area contributed by atoms with E-state index in [9.17, 15) is 4.79 Å². The van der Waals surface area contributed by atoms with Crippen molar-refractivity contribution in [2.75, 3.05) is 7.05 Å². The summed E-state index contributed by atoms with van der Waals surface area (Å²) in [7, 11) is 1.54. The first-order valence-electron chi connectivity index (χ1n) is 3.10. The second-order valence-corrected chi connectivity index (χ2v) is 1.86. The normalized spacial score (nSPS) is 9.18. The van der Waals surface area contributed by atoms with Crippen molar-refractivity contribution in [2.24, 2.45) is 0 Å². The molecule has 0 aliphatic heterocycles. The Hall–Kier alpha value is -1.52. The molecule has 2 amide bonds. The van der Waals surface area contributed by atoms with E-state index in [2.05, 4.69) is 26.5 Å². The highest BCUT2D eigenvalue weighted by atomic mass is 16.5. The number of urea groups is 1. The van der Waals surface area contributed by atoms with Gasteiger partial charge >= 0.3 is 6.03 Å². The Bertz CT molecular complexity index is 220. The Labute approximate surface area is 63.8 Å². The molecule has 5 nitrogen and oxygen atoms in total. The Morgan fingerprint density at radius 2 is 2.73 bits per heavy atom. The third-order valence-electron chi connectivity index (χ3n) is 1.09. The summed E-state index contributed by atoms with van der Waals surface area (Å²) in [5, 5.41) is 8.29. The fourth-order valence-corrected chi connectivity index (χ4v) is 0.549. The van der Waals surface area contributed by atoms with Gasteiger partial charge in [0, 0.05) is 13.1 Å². The molecule has 0 bridgehead atoms. The Balaban J connectivity index is 2.29. The Kier molecular flexibility index (Phi) is 2.48. The summed E-state index contributed by atoms with van der Waals surface area (Å²) in [6.45, 7) is 0.330. The zero-order valence-electron chi connectivity index (χ0n) is 6.05. The van der Waals surface area contributed by atoms with E-state index in [1.54, 1.807) is 13.1 Å². The smallest absolute Gasteiger partial charge is 0.314 e. The minimum absolute atomic E-state index is 0.249. The topological polar surface area (TPSA) is 67.2 Å². The average molecular weight is 154 g/mol. The van der Waals surface area contributed by atoms with Crippen LogP contribution >= 0.6 is 0 Å². The summed E-state index contributed by atoms with van der Waals surface area (Å²) in [6.07, 6.45) is 2.48. The highest BCUT2D eigenvalue weighted by molar-refractivity contribution is 5.73. The summed E-state index contributed by atoms with van der Waals surface area (Å²) in [4.78, 5) is 10.6. The van der Waals surface area contributed by atoms with Gasteiger partial charge in [-0.1, -0.05) is 5.16 Å². The maximum Gasteiger partial charge on any atom is 0.314 e. The van der Waals surface area contributed by atoms with Gasteiger partial charge in [-0.3, -0.25) is 0 Å². The number of nitrogens with zero attached hydrogens (tertiary/aromatic N) is 1. The lowest BCUT2D eigenvalue weighted by Crippen LogP contribution is -2.31. The van der Waals surface area contributed by atoms with Crippen molar-refractivity contribution in [3.8, 4) is 0 Å². The summed E-state index contributed by atoms with van der Waals surface area (Å²) in [5.74, 6) is 0.577. The molecule has 0 atom stereocenters. The maximum atomic E-state index is 10.6. The molecular formula is C6H8N3O2. The maximum absolute atomic E-state index is 10.6. The van der Waals surface area contributed by atoms with E-state index >= 15 is 0 Å². The number of carbonyl (C=O) groups excluding carboxylic acids is 1. The molecule has 59 valence electrons. The van der Waals surface area contributed by atoms with Crippen LogP contribution in [0.1, 0.15) is 5.76 Å². The number of amides is 2. The molecule has 0 spiro atoms. The standard InChI is InChI=1S/C6H8N3O2/c1-7-6(10)8-4-5-2-3-9-11-5/h2H,4H2,1H3,(H2,7,8,10). The van der Waals surface area contributed by atoms with E-state index in [1.807, 2.05) is 0 Å². The molecule has 0 fully saturated rings. The van der Waals surface area contributed by atoms with Crippen molar-refractivity contribution in [1.29, 1.82) is 0 Å². The number of hydrogen-bond acceptors (Lipinski definition) is 3. The van der Waals surface area contributed by atoms with Gasteiger partial charge in [0.15, 0.2) is 5.76 Å². The number of carbonyl (C=O) groups is 1. The minimum Gasteiger partial charge on any atom is -0.359 e. The van der Waals surface area contributed by atoms with Gasteiger partial charge in [-0.05, 0) is 0 Å². The van der Waals surface area contributed by atoms with Crippen LogP contribution in [0.5, 0.6) is 0 Å². The molecule has 5 heteroatoms. The van der Waals surface area contributed by atoms with Crippen LogP contribution in [-0.4, -0.2) is 18.2 Å². The lowest BCUT2D eigenvalue weighted by Gasteiger charge is -1.99. The van der Waals surface area contributed by atoms with Gasteiger partial charge in [0.25, 0.3) is 0 Å².